The molecule has 3 rings (SSSR count). The summed E-state index contributed by atoms with van der Waals surface area (Å²) in [6.45, 7) is 1.93. The fraction of sp³-hybridized carbons (Fsp3) is 0.200. The molecule has 1 aliphatic rings. The van der Waals surface area contributed by atoms with Gasteiger partial charge in [-0.15, -0.1) is 11.3 Å². The van der Waals surface area contributed by atoms with Gasteiger partial charge in [0, 0.05) is 6.42 Å². The van der Waals surface area contributed by atoms with Gasteiger partial charge in [0.05, 0.1) is 19.9 Å². The Bertz CT molecular complexity index is 758. The van der Waals surface area contributed by atoms with Crippen LogP contribution < -0.4 is 5.32 Å². The number of anilines is 1. The zero-order valence-corrected chi connectivity index (χ0v) is 13.9. The van der Waals surface area contributed by atoms with E-state index in [-0.39, 0.29) is 5.91 Å². The first-order valence-corrected chi connectivity index (χ1v) is 8.15. The van der Waals surface area contributed by atoms with Crippen LogP contribution in [0, 0.1) is 6.92 Å². The molecule has 0 aliphatic carbocycles. The van der Waals surface area contributed by atoms with Crippen molar-refractivity contribution in [1.29, 1.82) is 0 Å². The van der Waals surface area contributed by atoms with Gasteiger partial charge in [0.15, 0.2) is 0 Å². The highest BCUT2D eigenvalue weighted by Crippen LogP contribution is 2.28. The van der Waals surface area contributed by atoms with E-state index in [1.807, 2.05) is 19.1 Å². The molecule has 1 atom stereocenters. The van der Waals surface area contributed by atoms with E-state index >= 15 is 0 Å². The second-order valence-electron chi connectivity index (χ2n) is 4.91. The largest absolute Gasteiger partial charge is 0.382 e. The second-order valence-corrected chi connectivity index (χ2v) is 7.03. The Morgan fingerprint density at radius 3 is 2.86 bits per heavy atom. The van der Waals surface area contributed by atoms with Crippen LogP contribution in [0.2, 0.25) is 9.36 Å². The highest BCUT2D eigenvalue weighted by molar-refractivity contribution is 7.18. The third kappa shape index (κ3) is 3.27. The smallest absolute Gasteiger partial charge is 0.268 e. The monoisotopic (exact) mass is 354 g/mol. The molecule has 0 saturated carbocycles. The first-order chi connectivity index (χ1) is 10.5. The van der Waals surface area contributed by atoms with Gasteiger partial charge in [-0.1, -0.05) is 34.4 Å². The number of thiophene rings is 1. The van der Waals surface area contributed by atoms with E-state index in [9.17, 15) is 4.79 Å². The number of hydrogen-bond acceptors (Lipinski definition) is 4. The lowest BCUT2D eigenvalue weighted by Crippen LogP contribution is -2.28. The first kappa shape index (κ1) is 15.3. The maximum atomic E-state index is 12.2. The van der Waals surface area contributed by atoms with Crippen molar-refractivity contribution in [2.24, 2.45) is 5.16 Å². The zero-order chi connectivity index (χ0) is 15.7. The number of rotatable bonds is 3. The summed E-state index contributed by atoms with van der Waals surface area (Å²) < 4.78 is 0.678. The molecular weight excluding hydrogens is 343 g/mol. The van der Waals surface area contributed by atoms with Crippen LogP contribution in [0.4, 0.5) is 5.69 Å². The van der Waals surface area contributed by atoms with E-state index in [0.717, 1.165) is 16.2 Å². The van der Waals surface area contributed by atoms with Crippen molar-refractivity contribution in [2.45, 2.75) is 19.4 Å². The van der Waals surface area contributed by atoms with Crippen molar-refractivity contribution in [3.8, 4) is 0 Å². The maximum absolute atomic E-state index is 12.2. The molecule has 1 amide bonds. The average molecular weight is 355 g/mol. The average Bonchev–Trinajstić information content (AvgIpc) is 3.10. The molecule has 0 spiro atoms. The van der Waals surface area contributed by atoms with Crippen molar-refractivity contribution < 1.29 is 9.63 Å². The minimum Gasteiger partial charge on any atom is -0.382 e. The quantitative estimate of drug-likeness (QED) is 0.882. The maximum Gasteiger partial charge on any atom is 0.268 e. The Balaban J connectivity index is 1.65. The molecule has 1 aromatic heterocycles. The number of aryl methyl sites for hydroxylation is 1. The standard InChI is InChI=1S/C15H12Cl2N2O2S/c1-8-2-3-10(9(16)6-8)18-15(20)12-7-11(19-21-12)13-4-5-14(17)22-13/h2-6,12H,7H2,1H3,(H,18,20). The molecule has 22 heavy (non-hydrogen) atoms. The molecule has 0 bridgehead atoms. The van der Waals surface area contributed by atoms with Crippen LogP contribution in [0.15, 0.2) is 35.5 Å². The number of hydrogen-bond donors (Lipinski definition) is 1. The summed E-state index contributed by atoms with van der Waals surface area (Å²) in [6, 6.07) is 9.11. The Hall–Kier alpha value is -1.56. The summed E-state index contributed by atoms with van der Waals surface area (Å²) >= 11 is 13.4. The summed E-state index contributed by atoms with van der Waals surface area (Å²) in [4.78, 5) is 18.4. The lowest BCUT2D eigenvalue weighted by Gasteiger charge is -2.11. The van der Waals surface area contributed by atoms with Crippen molar-refractivity contribution >= 4 is 51.8 Å². The number of amides is 1. The van der Waals surface area contributed by atoms with Gasteiger partial charge in [-0.05, 0) is 36.8 Å². The topological polar surface area (TPSA) is 50.7 Å². The number of carbonyl (C=O) groups excluding carboxylic acids is 1. The van der Waals surface area contributed by atoms with Crippen molar-refractivity contribution in [3.63, 3.8) is 0 Å². The molecular formula is C15H12Cl2N2O2S. The van der Waals surface area contributed by atoms with E-state index in [4.69, 9.17) is 28.0 Å². The van der Waals surface area contributed by atoms with Crippen molar-refractivity contribution in [1.82, 2.24) is 0 Å². The van der Waals surface area contributed by atoms with Gasteiger partial charge in [0.25, 0.3) is 5.91 Å². The Kier molecular flexibility index (Phi) is 4.38. The third-order valence-electron chi connectivity index (χ3n) is 3.20. The van der Waals surface area contributed by atoms with Gasteiger partial charge < -0.3 is 10.2 Å². The van der Waals surface area contributed by atoms with Gasteiger partial charge in [0.1, 0.15) is 5.71 Å². The van der Waals surface area contributed by atoms with E-state index < -0.39 is 6.10 Å². The molecule has 1 N–H and O–H groups in total. The minimum absolute atomic E-state index is 0.271. The number of nitrogens with zero attached hydrogens (tertiary/aromatic N) is 1. The lowest BCUT2D eigenvalue weighted by molar-refractivity contribution is -0.125. The Morgan fingerprint density at radius 2 is 2.18 bits per heavy atom. The zero-order valence-electron chi connectivity index (χ0n) is 11.6. The van der Waals surface area contributed by atoms with Gasteiger partial charge in [-0.25, -0.2) is 0 Å². The van der Waals surface area contributed by atoms with Crippen LogP contribution in [-0.4, -0.2) is 17.7 Å². The molecule has 0 saturated heterocycles. The van der Waals surface area contributed by atoms with E-state index in [0.29, 0.717) is 21.5 Å². The van der Waals surface area contributed by atoms with Gasteiger partial charge in [-0.3, -0.25) is 4.79 Å². The molecule has 1 aliphatic heterocycles. The Labute approximate surface area is 141 Å². The normalized spacial score (nSPS) is 17.0. The summed E-state index contributed by atoms with van der Waals surface area (Å²) in [5.41, 5.74) is 2.32. The molecule has 2 aromatic rings. The fourth-order valence-electron chi connectivity index (χ4n) is 2.07. The predicted octanol–water partition coefficient (Wildman–Crippen LogP) is 4.50. The van der Waals surface area contributed by atoms with Crippen LogP contribution in [0.3, 0.4) is 0 Å². The molecule has 0 fully saturated rings. The van der Waals surface area contributed by atoms with E-state index in [1.165, 1.54) is 11.3 Å². The summed E-state index contributed by atoms with van der Waals surface area (Å²) in [6.07, 6.45) is -0.250. The van der Waals surface area contributed by atoms with Crippen molar-refractivity contribution in [2.75, 3.05) is 5.32 Å². The number of nitrogens with one attached hydrogen (secondary N) is 1. The van der Waals surface area contributed by atoms with E-state index in [1.54, 1.807) is 18.2 Å². The van der Waals surface area contributed by atoms with Gasteiger partial charge >= 0.3 is 0 Å². The van der Waals surface area contributed by atoms with Crippen molar-refractivity contribution in [3.05, 3.63) is 50.1 Å². The number of oxime groups is 1. The molecule has 1 unspecified atom stereocenters. The summed E-state index contributed by atoms with van der Waals surface area (Å²) in [5, 5.41) is 7.24. The van der Waals surface area contributed by atoms with Crippen LogP contribution in [0.1, 0.15) is 16.9 Å². The Morgan fingerprint density at radius 1 is 1.36 bits per heavy atom. The lowest BCUT2D eigenvalue weighted by atomic mass is 10.1. The minimum atomic E-state index is -0.659. The molecule has 114 valence electrons. The van der Waals surface area contributed by atoms with Crippen LogP contribution >= 0.6 is 34.5 Å². The predicted molar refractivity (Wildman–Crippen MR) is 90.2 cm³/mol. The van der Waals surface area contributed by atoms with Gasteiger partial charge in [0.2, 0.25) is 6.10 Å². The number of carbonyl (C=O) groups is 1. The van der Waals surface area contributed by atoms with Crippen LogP contribution in [0.5, 0.6) is 0 Å². The fourth-order valence-corrected chi connectivity index (χ4v) is 3.38. The molecule has 1 aromatic carbocycles. The number of benzene rings is 1. The summed E-state index contributed by atoms with van der Waals surface area (Å²) in [7, 11) is 0. The third-order valence-corrected chi connectivity index (χ3v) is 4.79. The molecule has 4 nitrogen and oxygen atoms in total. The number of halogens is 2. The van der Waals surface area contributed by atoms with Crippen LogP contribution in [0.25, 0.3) is 0 Å². The highest BCUT2D eigenvalue weighted by atomic mass is 35.5. The highest BCUT2D eigenvalue weighted by Gasteiger charge is 2.29. The molecule has 2 heterocycles. The summed E-state index contributed by atoms with van der Waals surface area (Å²) in [5.74, 6) is -0.271. The van der Waals surface area contributed by atoms with E-state index in [2.05, 4.69) is 10.5 Å². The first-order valence-electron chi connectivity index (χ1n) is 6.58. The van der Waals surface area contributed by atoms with Crippen LogP contribution in [-0.2, 0) is 9.63 Å². The SMILES string of the molecule is Cc1ccc(NC(=O)C2CC(c3ccc(Cl)s3)=NO2)c(Cl)c1. The molecule has 7 heteroatoms. The second kappa shape index (κ2) is 6.28. The molecule has 0 radical (unpaired) electrons. The van der Waals surface area contributed by atoms with Gasteiger partial charge in [-0.2, -0.15) is 0 Å².